The molecule has 90 valence electrons. The molecule has 0 radical (unpaired) electrons. The average Bonchev–Trinajstić information content (AvgIpc) is 2.28. The number of halogens is 1. The van der Waals surface area contributed by atoms with E-state index in [-0.39, 0.29) is 0 Å². The molecule has 0 saturated carbocycles. The zero-order chi connectivity index (χ0) is 11.8. The molecule has 1 atom stereocenters. The van der Waals surface area contributed by atoms with E-state index >= 15 is 0 Å². The Morgan fingerprint density at radius 1 is 1.06 bits per heavy atom. The van der Waals surface area contributed by atoms with Crippen LogP contribution in [0.25, 0.3) is 0 Å². The molecule has 0 fully saturated rings. The minimum Gasteiger partial charge on any atom is -0.0654 e. The summed E-state index contributed by atoms with van der Waals surface area (Å²) in [6.07, 6.45) is 8.12. The molecule has 0 aromatic heterocycles. The van der Waals surface area contributed by atoms with E-state index in [0.29, 0.717) is 0 Å². The number of hydrogen-bond donors (Lipinski definition) is 0. The summed E-state index contributed by atoms with van der Waals surface area (Å²) in [4.78, 5) is 0. The van der Waals surface area contributed by atoms with Crippen LogP contribution in [0.5, 0.6) is 0 Å². The second-order valence-electron chi connectivity index (χ2n) is 4.79. The van der Waals surface area contributed by atoms with E-state index in [2.05, 4.69) is 54.0 Å². The Kier molecular flexibility index (Phi) is 6.79. The fourth-order valence-electron chi connectivity index (χ4n) is 2.04. The Labute approximate surface area is 109 Å². The number of rotatable bonds is 7. The van der Waals surface area contributed by atoms with Crippen LogP contribution < -0.4 is 0 Å². The highest BCUT2D eigenvalue weighted by Crippen LogP contribution is 2.17. The van der Waals surface area contributed by atoms with Gasteiger partial charge in [-0.1, -0.05) is 74.0 Å². The van der Waals surface area contributed by atoms with Gasteiger partial charge >= 0.3 is 0 Å². The largest absolute Gasteiger partial charge is 0.0654 e. The van der Waals surface area contributed by atoms with Crippen molar-refractivity contribution in [1.82, 2.24) is 0 Å². The van der Waals surface area contributed by atoms with Crippen molar-refractivity contribution in [3.8, 4) is 0 Å². The normalized spacial score (nSPS) is 12.7. The van der Waals surface area contributed by atoms with Gasteiger partial charge in [0.25, 0.3) is 0 Å². The van der Waals surface area contributed by atoms with Gasteiger partial charge in [-0.25, -0.2) is 0 Å². The molecule has 1 aromatic rings. The van der Waals surface area contributed by atoms with Crippen LogP contribution in [0.1, 0.15) is 51.5 Å². The zero-order valence-electron chi connectivity index (χ0n) is 10.5. The Bertz CT molecular complexity index is 276. The minimum atomic E-state index is 0.818. The van der Waals surface area contributed by atoms with E-state index in [4.69, 9.17) is 0 Å². The summed E-state index contributed by atoms with van der Waals surface area (Å²) in [5.74, 6) is 0.818. The van der Waals surface area contributed by atoms with Crippen LogP contribution in [0.3, 0.4) is 0 Å². The Balaban J connectivity index is 2.23. The molecule has 0 spiro atoms. The predicted octanol–water partition coefficient (Wildman–Crippen LogP) is 5.60. The Morgan fingerprint density at radius 3 is 2.38 bits per heavy atom. The van der Waals surface area contributed by atoms with E-state index in [1.807, 2.05) is 0 Å². The van der Waals surface area contributed by atoms with Crippen molar-refractivity contribution in [3.05, 3.63) is 34.3 Å². The molecule has 1 unspecified atom stereocenters. The maximum absolute atomic E-state index is 3.47. The third-order valence-corrected chi connectivity index (χ3v) is 3.58. The van der Waals surface area contributed by atoms with Crippen molar-refractivity contribution in [2.75, 3.05) is 0 Å². The third-order valence-electron chi connectivity index (χ3n) is 3.05. The lowest BCUT2D eigenvalue weighted by atomic mass is 9.95. The molecule has 0 bridgehead atoms. The highest BCUT2D eigenvalue weighted by molar-refractivity contribution is 9.10. The number of unbranched alkanes of at least 4 members (excludes halogenated alkanes) is 3. The first-order valence-electron chi connectivity index (χ1n) is 6.46. The SMILES string of the molecule is CCCCCCC(C)Cc1ccc(Br)cc1. The summed E-state index contributed by atoms with van der Waals surface area (Å²) in [6, 6.07) is 8.73. The molecule has 0 aliphatic heterocycles. The van der Waals surface area contributed by atoms with Crippen LogP contribution in [0, 0.1) is 5.92 Å². The lowest BCUT2D eigenvalue weighted by Gasteiger charge is -2.11. The first kappa shape index (κ1) is 13.8. The smallest absolute Gasteiger partial charge is 0.0175 e. The molecular weight excluding hydrogens is 260 g/mol. The van der Waals surface area contributed by atoms with Crippen LogP contribution in [0.15, 0.2) is 28.7 Å². The quantitative estimate of drug-likeness (QED) is 0.571. The van der Waals surface area contributed by atoms with Gasteiger partial charge in [0.15, 0.2) is 0 Å². The highest BCUT2D eigenvalue weighted by atomic mass is 79.9. The summed E-state index contributed by atoms with van der Waals surface area (Å²) in [6.45, 7) is 4.64. The van der Waals surface area contributed by atoms with Crippen molar-refractivity contribution < 1.29 is 0 Å². The van der Waals surface area contributed by atoms with Gasteiger partial charge in [0.05, 0.1) is 0 Å². The van der Waals surface area contributed by atoms with Crippen molar-refractivity contribution in [3.63, 3.8) is 0 Å². The molecule has 0 aliphatic carbocycles. The van der Waals surface area contributed by atoms with Gasteiger partial charge in [-0.3, -0.25) is 0 Å². The zero-order valence-corrected chi connectivity index (χ0v) is 12.1. The van der Waals surface area contributed by atoms with Gasteiger partial charge in [-0.15, -0.1) is 0 Å². The highest BCUT2D eigenvalue weighted by Gasteiger charge is 2.03. The fraction of sp³-hybridized carbons (Fsp3) is 0.600. The monoisotopic (exact) mass is 282 g/mol. The summed E-state index contributed by atoms with van der Waals surface area (Å²) >= 11 is 3.47. The lowest BCUT2D eigenvalue weighted by molar-refractivity contribution is 0.487. The maximum atomic E-state index is 3.47. The predicted molar refractivity (Wildman–Crippen MR) is 75.8 cm³/mol. The first-order chi connectivity index (χ1) is 7.72. The third kappa shape index (κ3) is 5.69. The molecule has 1 heteroatoms. The molecule has 0 nitrogen and oxygen atoms in total. The summed E-state index contributed by atoms with van der Waals surface area (Å²) in [5.41, 5.74) is 1.46. The molecule has 0 aliphatic rings. The van der Waals surface area contributed by atoms with E-state index in [1.165, 1.54) is 48.6 Å². The first-order valence-corrected chi connectivity index (χ1v) is 7.26. The van der Waals surface area contributed by atoms with Gasteiger partial charge in [0, 0.05) is 4.47 Å². The molecule has 0 amide bonds. The van der Waals surface area contributed by atoms with E-state index in [0.717, 1.165) is 5.92 Å². The summed E-state index contributed by atoms with van der Waals surface area (Å²) in [5, 5.41) is 0. The van der Waals surface area contributed by atoms with E-state index < -0.39 is 0 Å². The van der Waals surface area contributed by atoms with Crippen LogP contribution in [-0.4, -0.2) is 0 Å². The van der Waals surface area contributed by atoms with Gasteiger partial charge < -0.3 is 0 Å². The number of hydrogen-bond acceptors (Lipinski definition) is 0. The molecule has 0 N–H and O–H groups in total. The average molecular weight is 283 g/mol. The van der Waals surface area contributed by atoms with Crippen LogP contribution >= 0.6 is 15.9 Å². The molecule has 0 saturated heterocycles. The van der Waals surface area contributed by atoms with Gasteiger partial charge in [-0.2, -0.15) is 0 Å². The molecule has 16 heavy (non-hydrogen) atoms. The van der Waals surface area contributed by atoms with Crippen molar-refractivity contribution in [1.29, 1.82) is 0 Å². The van der Waals surface area contributed by atoms with Crippen molar-refractivity contribution >= 4 is 15.9 Å². The van der Waals surface area contributed by atoms with Crippen LogP contribution in [-0.2, 0) is 6.42 Å². The van der Waals surface area contributed by atoms with Crippen LogP contribution in [0.2, 0.25) is 0 Å². The molecule has 0 heterocycles. The minimum absolute atomic E-state index is 0.818. The van der Waals surface area contributed by atoms with E-state index in [9.17, 15) is 0 Å². The van der Waals surface area contributed by atoms with E-state index in [1.54, 1.807) is 0 Å². The summed E-state index contributed by atoms with van der Waals surface area (Å²) in [7, 11) is 0. The standard InChI is InChI=1S/C15H23Br/c1-3-4-5-6-7-13(2)12-14-8-10-15(16)11-9-14/h8-11,13H,3-7,12H2,1-2H3. The second kappa shape index (κ2) is 7.89. The Morgan fingerprint density at radius 2 is 1.75 bits per heavy atom. The molecule has 1 rings (SSSR count). The van der Waals surface area contributed by atoms with Gasteiger partial charge in [0.1, 0.15) is 0 Å². The topological polar surface area (TPSA) is 0 Å². The molecular formula is C15H23Br. The molecule has 1 aromatic carbocycles. The summed E-state index contributed by atoms with van der Waals surface area (Å²) < 4.78 is 1.17. The van der Waals surface area contributed by atoms with Gasteiger partial charge in [-0.05, 0) is 30.0 Å². The Hall–Kier alpha value is -0.300. The second-order valence-corrected chi connectivity index (χ2v) is 5.70. The number of benzene rings is 1. The van der Waals surface area contributed by atoms with Crippen LogP contribution in [0.4, 0.5) is 0 Å². The van der Waals surface area contributed by atoms with Gasteiger partial charge in [0.2, 0.25) is 0 Å². The lowest BCUT2D eigenvalue weighted by Crippen LogP contribution is -1.99. The van der Waals surface area contributed by atoms with Crippen molar-refractivity contribution in [2.24, 2.45) is 5.92 Å². The van der Waals surface area contributed by atoms with Crippen molar-refractivity contribution in [2.45, 2.75) is 52.4 Å². The fourth-order valence-corrected chi connectivity index (χ4v) is 2.31. The maximum Gasteiger partial charge on any atom is 0.0175 e.